The van der Waals surface area contributed by atoms with Gasteiger partial charge in [-0.2, -0.15) is 0 Å². The van der Waals surface area contributed by atoms with E-state index in [0.29, 0.717) is 5.69 Å². The molecule has 154 valence electrons. The average molecular weight is 416 g/mol. The van der Waals surface area contributed by atoms with Gasteiger partial charge in [0.1, 0.15) is 0 Å². The fourth-order valence-electron chi connectivity index (χ4n) is 2.80. The number of nitrogens with zero attached hydrogens (tertiary/aromatic N) is 1. The lowest BCUT2D eigenvalue weighted by Gasteiger charge is -2.24. The van der Waals surface area contributed by atoms with Crippen LogP contribution in [0.5, 0.6) is 0 Å². The molecule has 1 fully saturated rings. The highest BCUT2D eigenvalue weighted by Gasteiger charge is 2.26. The smallest absolute Gasteiger partial charge is 0.264 e. The van der Waals surface area contributed by atoms with E-state index >= 15 is 0 Å². The Hall–Kier alpha value is -2.87. The summed E-state index contributed by atoms with van der Waals surface area (Å²) in [5, 5.41) is 5.34. The lowest BCUT2D eigenvalue weighted by Crippen LogP contribution is -2.40. The van der Waals surface area contributed by atoms with E-state index in [-0.39, 0.29) is 42.3 Å². The molecule has 3 rings (SSSR count). The van der Waals surface area contributed by atoms with Gasteiger partial charge in [-0.3, -0.25) is 13.9 Å². The molecule has 2 N–H and O–H groups in total. The topological polar surface area (TPSA) is 95.6 Å². The van der Waals surface area contributed by atoms with Gasteiger partial charge in [-0.25, -0.2) is 8.42 Å². The number of carbonyl (C=O) groups is 2. The van der Waals surface area contributed by atoms with Crippen molar-refractivity contribution in [2.24, 2.45) is 0 Å². The van der Waals surface area contributed by atoms with Gasteiger partial charge in [0.25, 0.3) is 10.0 Å². The third kappa shape index (κ3) is 5.80. The molecule has 0 radical (unpaired) electrons. The molecule has 0 bridgehead atoms. The Morgan fingerprint density at radius 3 is 2.28 bits per heavy atom. The third-order valence-electron chi connectivity index (χ3n) is 4.58. The van der Waals surface area contributed by atoms with Crippen LogP contribution in [0.2, 0.25) is 0 Å². The van der Waals surface area contributed by atoms with Crippen molar-refractivity contribution >= 4 is 27.5 Å². The molecular formula is C21H25N3O4S. The first kappa shape index (κ1) is 20.9. The van der Waals surface area contributed by atoms with Gasteiger partial charge in [0, 0.05) is 19.0 Å². The number of para-hydroxylation sites is 1. The zero-order valence-corrected chi connectivity index (χ0v) is 17.1. The van der Waals surface area contributed by atoms with E-state index < -0.39 is 10.0 Å². The zero-order valence-electron chi connectivity index (χ0n) is 16.3. The Morgan fingerprint density at radius 1 is 1.00 bits per heavy atom. The standard InChI is InChI=1S/C21H25N3O4S/c1-16-7-11-19(12-8-16)29(27,28)24(18-5-3-2-4-6-18)14-13-20(25)22-15-21(26)23-17-9-10-17/h2-8,11-12,17H,9-10,13-15H2,1H3,(H,22,25)(H,23,26). The fourth-order valence-corrected chi connectivity index (χ4v) is 4.26. The maximum atomic E-state index is 13.2. The Kier molecular flexibility index (Phi) is 6.53. The van der Waals surface area contributed by atoms with Crippen molar-refractivity contribution in [1.29, 1.82) is 0 Å². The molecular weight excluding hydrogens is 390 g/mol. The number of benzene rings is 2. The first-order chi connectivity index (χ1) is 13.9. The molecule has 0 spiro atoms. The second kappa shape index (κ2) is 9.09. The van der Waals surface area contributed by atoms with Gasteiger partial charge in [-0.05, 0) is 44.0 Å². The minimum Gasteiger partial charge on any atom is -0.352 e. The van der Waals surface area contributed by atoms with Crippen LogP contribution >= 0.6 is 0 Å². The van der Waals surface area contributed by atoms with Crippen LogP contribution in [0.4, 0.5) is 5.69 Å². The average Bonchev–Trinajstić information content (AvgIpc) is 3.51. The maximum absolute atomic E-state index is 13.2. The van der Waals surface area contributed by atoms with Crippen LogP contribution in [0.15, 0.2) is 59.5 Å². The second-order valence-corrected chi connectivity index (χ2v) is 8.96. The van der Waals surface area contributed by atoms with E-state index in [1.165, 1.54) is 4.31 Å². The van der Waals surface area contributed by atoms with Crippen molar-refractivity contribution in [2.45, 2.75) is 37.1 Å². The van der Waals surface area contributed by atoms with E-state index in [9.17, 15) is 18.0 Å². The molecule has 2 aromatic carbocycles. The molecule has 1 aliphatic rings. The van der Waals surface area contributed by atoms with E-state index in [2.05, 4.69) is 10.6 Å². The highest BCUT2D eigenvalue weighted by molar-refractivity contribution is 7.92. The number of hydrogen-bond acceptors (Lipinski definition) is 4. The van der Waals surface area contributed by atoms with Gasteiger partial charge in [0.2, 0.25) is 11.8 Å². The lowest BCUT2D eigenvalue weighted by molar-refractivity contribution is -0.126. The highest BCUT2D eigenvalue weighted by atomic mass is 32.2. The van der Waals surface area contributed by atoms with E-state index in [0.717, 1.165) is 18.4 Å². The molecule has 2 amide bonds. The first-order valence-electron chi connectivity index (χ1n) is 9.57. The van der Waals surface area contributed by atoms with Crippen LogP contribution in [-0.2, 0) is 19.6 Å². The minimum atomic E-state index is -3.83. The van der Waals surface area contributed by atoms with Gasteiger partial charge < -0.3 is 10.6 Å². The van der Waals surface area contributed by atoms with E-state index in [1.54, 1.807) is 54.6 Å². The van der Waals surface area contributed by atoms with Gasteiger partial charge in [0.05, 0.1) is 17.1 Å². The largest absolute Gasteiger partial charge is 0.352 e. The Bertz CT molecular complexity index is 955. The van der Waals surface area contributed by atoms with Crippen LogP contribution in [0.25, 0.3) is 0 Å². The molecule has 0 atom stereocenters. The number of anilines is 1. The Balaban J connectivity index is 1.68. The summed E-state index contributed by atoms with van der Waals surface area (Å²) in [6.45, 7) is 1.75. The molecule has 1 saturated carbocycles. The van der Waals surface area contributed by atoms with Crippen molar-refractivity contribution in [1.82, 2.24) is 10.6 Å². The number of rotatable bonds is 9. The van der Waals surface area contributed by atoms with Crippen molar-refractivity contribution in [3.63, 3.8) is 0 Å². The summed E-state index contributed by atoms with van der Waals surface area (Å²) >= 11 is 0. The Labute approximate surface area is 171 Å². The maximum Gasteiger partial charge on any atom is 0.264 e. The molecule has 0 aliphatic heterocycles. The van der Waals surface area contributed by atoms with Crippen LogP contribution < -0.4 is 14.9 Å². The molecule has 8 heteroatoms. The first-order valence-corrected chi connectivity index (χ1v) is 11.0. The number of amides is 2. The predicted molar refractivity (Wildman–Crippen MR) is 111 cm³/mol. The summed E-state index contributed by atoms with van der Waals surface area (Å²) in [5.74, 6) is -0.607. The molecule has 1 aliphatic carbocycles. The summed E-state index contributed by atoms with van der Waals surface area (Å²) < 4.78 is 27.6. The van der Waals surface area contributed by atoms with Gasteiger partial charge in [-0.15, -0.1) is 0 Å². The number of sulfonamides is 1. The summed E-state index contributed by atoms with van der Waals surface area (Å²) in [7, 11) is -3.83. The highest BCUT2D eigenvalue weighted by Crippen LogP contribution is 2.24. The third-order valence-corrected chi connectivity index (χ3v) is 6.43. The number of aryl methyl sites for hydroxylation is 1. The number of hydrogen-bond donors (Lipinski definition) is 2. The molecule has 0 aromatic heterocycles. The molecule has 7 nitrogen and oxygen atoms in total. The van der Waals surface area contributed by atoms with Gasteiger partial charge >= 0.3 is 0 Å². The normalized spacial score (nSPS) is 13.6. The van der Waals surface area contributed by atoms with Crippen LogP contribution in [0.3, 0.4) is 0 Å². The van der Waals surface area contributed by atoms with E-state index in [1.807, 2.05) is 6.92 Å². The number of carbonyl (C=O) groups excluding carboxylic acids is 2. The van der Waals surface area contributed by atoms with Crippen LogP contribution in [-0.4, -0.2) is 39.4 Å². The summed E-state index contributed by atoms with van der Waals surface area (Å²) in [5.41, 5.74) is 1.44. The van der Waals surface area contributed by atoms with Crippen LogP contribution in [0, 0.1) is 6.92 Å². The lowest BCUT2D eigenvalue weighted by atomic mass is 10.2. The van der Waals surface area contributed by atoms with Crippen molar-refractivity contribution in [3.05, 3.63) is 60.2 Å². The molecule has 0 unspecified atom stereocenters. The quantitative estimate of drug-likeness (QED) is 0.655. The second-order valence-electron chi connectivity index (χ2n) is 7.09. The fraction of sp³-hybridized carbons (Fsp3) is 0.333. The van der Waals surface area contributed by atoms with Gasteiger partial charge in [-0.1, -0.05) is 35.9 Å². The van der Waals surface area contributed by atoms with Crippen molar-refractivity contribution < 1.29 is 18.0 Å². The SMILES string of the molecule is Cc1ccc(S(=O)(=O)N(CCC(=O)NCC(=O)NC2CC2)c2ccccc2)cc1. The monoisotopic (exact) mass is 415 g/mol. The molecule has 0 saturated heterocycles. The summed E-state index contributed by atoms with van der Waals surface area (Å²) in [6, 6.07) is 15.5. The van der Waals surface area contributed by atoms with Crippen LogP contribution in [0.1, 0.15) is 24.8 Å². The summed E-state index contributed by atoms with van der Waals surface area (Å²) in [4.78, 5) is 24.0. The number of nitrogens with one attached hydrogen (secondary N) is 2. The van der Waals surface area contributed by atoms with Crippen molar-refractivity contribution in [2.75, 3.05) is 17.4 Å². The summed E-state index contributed by atoms with van der Waals surface area (Å²) in [6.07, 6.45) is 1.89. The zero-order chi connectivity index (χ0) is 20.9. The molecule has 2 aromatic rings. The molecule has 29 heavy (non-hydrogen) atoms. The Morgan fingerprint density at radius 2 is 1.66 bits per heavy atom. The van der Waals surface area contributed by atoms with Gasteiger partial charge in [0.15, 0.2) is 0 Å². The minimum absolute atomic E-state index is 0.0314. The van der Waals surface area contributed by atoms with E-state index in [4.69, 9.17) is 0 Å². The molecule has 0 heterocycles. The predicted octanol–water partition coefficient (Wildman–Crippen LogP) is 1.98. The van der Waals surface area contributed by atoms with Crippen molar-refractivity contribution in [3.8, 4) is 0 Å².